The Labute approximate surface area is 163 Å². The lowest BCUT2D eigenvalue weighted by Crippen LogP contribution is -2.18. The average molecular weight is 390 g/mol. The first-order valence-corrected chi connectivity index (χ1v) is 9.14. The number of hydrogen-bond donors (Lipinski definition) is 2. The van der Waals surface area contributed by atoms with E-state index in [0.29, 0.717) is 35.9 Å². The molecule has 28 heavy (non-hydrogen) atoms. The molecule has 0 aliphatic carbocycles. The summed E-state index contributed by atoms with van der Waals surface area (Å²) in [5, 5.41) is 26.4. The van der Waals surface area contributed by atoms with E-state index in [9.17, 15) is 10.2 Å². The highest BCUT2D eigenvalue weighted by molar-refractivity contribution is 5.90. The summed E-state index contributed by atoms with van der Waals surface area (Å²) in [6.45, 7) is 7.01. The molecule has 0 fully saturated rings. The number of phenols is 2. The maximum Gasteiger partial charge on any atom is 0.204 e. The van der Waals surface area contributed by atoms with Gasteiger partial charge in [-0.3, -0.25) is 0 Å². The van der Waals surface area contributed by atoms with Gasteiger partial charge in [-0.15, -0.1) is 5.06 Å². The predicted octanol–water partition coefficient (Wildman–Crippen LogP) is 3.64. The fraction of sp³-hybridized carbons (Fsp3) is 0.450. The monoisotopic (exact) mass is 390 g/mol. The highest BCUT2D eigenvalue weighted by atomic mass is 16.7. The Morgan fingerprint density at radius 1 is 1.14 bits per heavy atom. The number of likely N-dealkylation sites (N-methyl/N-ethyl adjacent to an activating group) is 1. The zero-order valence-corrected chi connectivity index (χ0v) is 16.7. The third-order valence-electron chi connectivity index (χ3n) is 4.69. The van der Waals surface area contributed by atoms with Gasteiger partial charge in [0.05, 0.1) is 17.7 Å². The molecule has 2 aromatic rings. The van der Waals surface area contributed by atoms with Gasteiger partial charge in [0, 0.05) is 32.9 Å². The van der Waals surface area contributed by atoms with Gasteiger partial charge in [-0.1, -0.05) is 19.0 Å². The lowest BCUT2D eigenvalue weighted by molar-refractivity contribution is -0.109. The molecule has 1 aromatic carbocycles. The van der Waals surface area contributed by atoms with E-state index in [0.717, 1.165) is 11.1 Å². The lowest BCUT2D eigenvalue weighted by Gasteiger charge is -2.16. The van der Waals surface area contributed by atoms with E-state index in [2.05, 4.69) is 5.16 Å². The molecule has 0 saturated carbocycles. The molecule has 3 rings (SSSR count). The summed E-state index contributed by atoms with van der Waals surface area (Å²) in [5.41, 5.74) is 2.44. The van der Waals surface area contributed by atoms with Crippen LogP contribution < -0.4 is 0 Å². The Morgan fingerprint density at radius 2 is 1.86 bits per heavy atom. The van der Waals surface area contributed by atoms with Crippen molar-refractivity contribution >= 4 is 11.3 Å². The van der Waals surface area contributed by atoms with Crippen molar-refractivity contribution in [1.82, 2.24) is 10.2 Å². The van der Waals surface area contributed by atoms with Gasteiger partial charge in [-0.25, -0.2) is 0 Å². The number of aromatic nitrogens is 1. The van der Waals surface area contributed by atoms with Crippen molar-refractivity contribution < 1.29 is 29.0 Å². The molecule has 152 valence electrons. The van der Waals surface area contributed by atoms with Crippen molar-refractivity contribution in [3.05, 3.63) is 40.8 Å². The zero-order valence-electron chi connectivity index (χ0n) is 16.7. The quantitative estimate of drug-likeness (QED) is 0.692. The molecule has 0 radical (unpaired) electrons. The minimum absolute atomic E-state index is 0.0497. The van der Waals surface area contributed by atoms with Gasteiger partial charge in [-0.05, 0) is 24.5 Å². The third kappa shape index (κ3) is 3.71. The van der Waals surface area contributed by atoms with Crippen molar-refractivity contribution in [2.45, 2.75) is 33.0 Å². The smallest absolute Gasteiger partial charge is 0.204 e. The summed E-state index contributed by atoms with van der Waals surface area (Å²) < 4.78 is 16.0. The standard InChI is InChI=1S/C20H26N2O6/c1-6-22-10-14(18-8-15(21-27-18)20(25-4)26-5)19(28-22)13-7-12(11(2)3)16(23)9-17(13)24/h7-9,11,20,23-24H,6,10H2,1-5H3. The van der Waals surface area contributed by atoms with Crippen LogP contribution in [0.5, 0.6) is 11.5 Å². The molecule has 0 amide bonds. The molecule has 1 aliphatic heterocycles. The first kappa shape index (κ1) is 20.2. The largest absolute Gasteiger partial charge is 0.508 e. The van der Waals surface area contributed by atoms with Crippen molar-refractivity contribution in [3.8, 4) is 11.5 Å². The number of rotatable bonds is 7. The highest BCUT2D eigenvalue weighted by Gasteiger charge is 2.31. The molecular formula is C20H26N2O6. The minimum atomic E-state index is -0.638. The lowest BCUT2D eigenvalue weighted by atomic mass is 9.96. The van der Waals surface area contributed by atoms with E-state index in [1.165, 1.54) is 20.3 Å². The molecule has 2 heterocycles. The van der Waals surface area contributed by atoms with Crippen LogP contribution in [0, 0.1) is 0 Å². The van der Waals surface area contributed by atoms with Crippen molar-refractivity contribution in [3.63, 3.8) is 0 Å². The van der Waals surface area contributed by atoms with Crippen LogP contribution in [0.25, 0.3) is 11.3 Å². The highest BCUT2D eigenvalue weighted by Crippen LogP contribution is 2.42. The molecule has 0 saturated heterocycles. The molecule has 2 N–H and O–H groups in total. The molecular weight excluding hydrogens is 364 g/mol. The van der Waals surface area contributed by atoms with Gasteiger partial charge in [-0.2, -0.15) is 0 Å². The zero-order chi connectivity index (χ0) is 20.4. The second-order valence-corrected chi connectivity index (χ2v) is 6.86. The summed E-state index contributed by atoms with van der Waals surface area (Å²) in [6, 6.07) is 4.81. The van der Waals surface area contributed by atoms with Gasteiger partial charge < -0.3 is 29.0 Å². The van der Waals surface area contributed by atoms with Crippen LogP contribution in [0.3, 0.4) is 0 Å². The predicted molar refractivity (Wildman–Crippen MR) is 102 cm³/mol. The average Bonchev–Trinajstić information content (AvgIpc) is 3.29. The fourth-order valence-corrected chi connectivity index (χ4v) is 3.16. The normalized spacial score (nSPS) is 15.1. The Morgan fingerprint density at radius 3 is 2.46 bits per heavy atom. The topological polar surface area (TPSA) is 97.4 Å². The fourth-order valence-electron chi connectivity index (χ4n) is 3.16. The van der Waals surface area contributed by atoms with Gasteiger partial charge in [0.15, 0.2) is 11.5 Å². The summed E-state index contributed by atoms with van der Waals surface area (Å²) >= 11 is 0. The molecule has 8 nitrogen and oxygen atoms in total. The van der Waals surface area contributed by atoms with Gasteiger partial charge in [0.1, 0.15) is 17.2 Å². The van der Waals surface area contributed by atoms with Crippen LogP contribution in [0.15, 0.2) is 22.7 Å². The van der Waals surface area contributed by atoms with Crippen LogP contribution in [0.1, 0.15) is 55.6 Å². The van der Waals surface area contributed by atoms with Crippen molar-refractivity contribution in [2.24, 2.45) is 0 Å². The third-order valence-corrected chi connectivity index (χ3v) is 4.69. The molecule has 0 spiro atoms. The Kier molecular flexibility index (Phi) is 5.93. The maximum atomic E-state index is 10.5. The summed E-state index contributed by atoms with van der Waals surface area (Å²) in [5.74, 6) is 1.02. The summed E-state index contributed by atoms with van der Waals surface area (Å²) in [7, 11) is 3.04. The van der Waals surface area contributed by atoms with Gasteiger partial charge in [0.25, 0.3) is 0 Å². The molecule has 1 aliphatic rings. The summed E-state index contributed by atoms with van der Waals surface area (Å²) in [4.78, 5) is 5.96. The number of phenolic OH excluding ortho intramolecular Hbond substituents is 2. The Bertz CT molecular complexity index is 870. The van der Waals surface area contributed by atoms with Crippen molar-refractivity contribution in [2.75, 3.05) is 27.3 Å². The second kappa shape index (κ2) is 8.22. The molecule has 8 heteroatoms. The number of benzene rings is 1. The SMILES string of the molecule is CCN1CC(c2cc(C(OC)OC)no2)=C(c2cc(C(C)C)c(O)cc2O)O1. The number of methoxy groups -OCH3 is 2. The number of nitrogens with zero attached hydrogens (tertiary/aromatic N) is 2. The van der Waals surface area contributed by atoms with E-state index >= 15 is 0 Å². The van der Waals surface area contributed by atoms with Crippen LogP contribution in [0.4, 0.5) is 0 Å². The first-order valence-electron chi connectivity index (χ1n) is 9.14. The van der Waals surface area contributed by atoms with E-state index < -0.39 is 6.29 Å². The molecule has 0 bridgehead atoms. The van der Waals surface area contributed by atoms with Gasteiger partial charge >= 0.3 is 0 Å². The number of aromatic hydroxyl groups is 2. The first-order chi connectivity index (χ1) is 13.4. The number of hydrogen-bond acceptors (Lipinski definition) is 8. The van der Waals surface area contributed by atoms with E-state index in [4.69, 9.17) is 18.8 Å². The summed E-state index contributed by atoms with van der Waals surface area (Å²) in [6.07, 6.45) is -0.638. The van der Waals surface area contributed by atoms with Crippen LogP contribution >= 0.6 is 0 Å². The van der Waals surface area contributed by atoms with E-state index in [-0.39, 0.29) is 17.4 Å². The second-order valence-electron chi connectivity index (χ2n) is 6.86. The Balaban J connectivity index is 2.10. The van der Waals surface area contributed by atoms with Crippen LogP contribution in [0.2, 0.25) is 0 Å². The van der Waals surface area contributed by atoms with Crippen LogP contribution in [-0.2, 0) is 14.3 Å². The van der Waals surface area contributed by atoms with E-state index in [1.807, 2.05) is 20.8 Å². The van der Waals surface area contributed by atoms with Crippen molar-refractivity contribution in [1.29, 1.82) is 0 Å². The Hall–Kier alpha value is -2.55. The van der Waals surface area contributed by atoms with Gasteiger partial charge in [0.2, 0.25) is 6.29 Å². The van der Waals surface area contributed by atoms with E-state index in [1.54, 1.807) is 17.2 Å². The minimum Gasteiger partial charge on any atom is -0.508 e. The van der Waals surface area contributed by atoms with Crippen LogP contribution in [-0.4, -0.2) is 47.7 Å². The molecule has 0 atom stereocenters. The molecule has 0 unspecified atom stereocenters. The molecule has 1 aromatic heterocycles. The maximum absolute atomic E-state index is 10.5. The number of hydroxylamine groups is 2. The number of ether oxygens (including phenoxy) is 2.